The zero-order valence-corrected chi connectivity index (χ0v) is 23.7. The fourth-order valence-corrected chi connectivity index (χ4v) is 5.11. The number of carbonyl (C=O) groups excluding carboxylic acids is 1. The van der Waals surface area contributed by atoms with Crippen LogP contribution in [0.1, 0.15) is 50.8 Å². The number of H-pyrrole nitrogens is 1. The molecular formula is C29H37N7O3. The van der Waals surface area contributed by atoms with Gasteiger partial charge in [-0.1, -0.05) is 38.1 Å². The van der Waals surface area contributed by atoms with Crippen LogP contribution >= 0.6 is 0 Å². The van der Waals surface area contributed by atoms with Crippen LogP contribution < -0.4 is 4.74 Å². The Hall–Kier alpha value is -3.76. The quantitative estimate of drug-likeness (QED) is 0.346. The normalized spacial score (nSPS) is 15.5. The summed E-state index contributed by atoms with van der Waals surface area (Å²) in [7, 11) is 5.50. The number of aromatic amines is 1. The van der Waals surface area contributed by atoms with Crippen molar-refractivity contribution in [2.45, 2.75) is 51.7 Å². The van der Waals surface area contributed by atoms with Crippen LogP contribution in [0.15, 0.2) is 42.9 Å². The minimum Gasteiger partial charge on any atom is -0.493 e. The second kappa shape index (κ2) is 10.8. The van der Waals surface area contributed by atoms with Crippen LogP contribution in [0.5, 0.6) is 5.75 Å². The van der Waals surface area contributed by atoms with Crippen molar-refractivity contribution in [2.24, 2.45) is 0 Å². The van der Waals surface area contributed by atoms with Gasteiger partial charge in [0.2, 0.25) is 5.91 Å². The summed E-state index contributed by atoms with van der Waals surface area (Å²) >= 11 is 0. The molecule has 0 bridgehead atoms. The fourth-order valence-electron chi connectivity index (χ4n) is 5.11. The Balaban J connectivity index is 1.39. The largest absolute Gasteiger partial charge is 0.493 e. The molecule has 5 rings (SSSR count). The van der Waals surface area contributed by atoms with Gasteiger partial charge in [0.05, 0.1) is 49.8 Å². The molecule has 1 aliphatic heterocycles. The zero-order chi connectivity index (χ0) is 27.8. The number of aromatic nitrogens is 5. The first kappa shape index (κ1) is 26.8. The highest BCUT2D eigenvalue weighted by atomic mass is 16.5. The molecule has 0 spiro atoms. The Labute approximate surface area is 228 Å². The third-order valence-corrected chi connectivity index (χ3v) is 7.99. The molecule has 1 fully saturated rings. The number of hydrogen-bond donors (Lipinski definition) is 1. The van der Waals surface area contributed by atoms with Gasteiger partial charge in [0.25, 0.3) is 0 Å². The van der Waals surface area contributed by atoms with Gasteiger partial charge in [-0.05, 0) is 38.4 Å². The summed E-state index contributed by atoms with van der Waals surface area (Å²) in [6, 6.07) is 10.3. The maximum Gasteiger partial charge on any atom is 0.239 e. The topological polar surface area (TPSA) is 101 Å². The highest BCUT2D eigenvalue weighted by Gasteiger charge is 2.32. The third-order valence-electron chi connectivity index (χ3n) is 7.99. The first-order chi connectivity index (χ1) is 18.7. The molecule has 0 unspecified atom stereocenters. The van der Waals surface area contributed by atoms with E-state index in [1.807, 2.05) is 38.2 Å². The summed E-state index contributed by atoms with van der Waals surface area (Å²) in [6.07, 6.45) is 3.45. The minimum absolute atomic E-state index is 0.0683. The molecule has 0 aliphatic carbocycles. The Kier molecular flexibility index (Phi) is 7.42. The monoisotopic (exact) mass is 531 g/mol. The number of methoxy groups -OCH3 is 1. The Bertz CT molecular complexity index is 1460. The van der Waals surface area contributed by atoms with Crippen LogP contribution in [-0.2, 0) is 9.53 Å². The minimum atomic E-state index is -0.211. The van der Waals surface area contributed by atoms with E-state index in [1.165, 1.54) is 6.33 Å². The lowest BCUT2D eigenvalue weighted by Crippen LogP contribution is -2.55. The van der Waals surface area contributed by atoms with E-state index in [0.717, 1.165) is 33.6 Å². The molecular weight excluding hydrogens is 494 g/mol. The van der Waals surface area contributed by atoms with Crippen LogP contribution in [0, 0.1) is 0 Å². The molecule has 1 amide bonds. The molecule has 10 heteroatoms. The lowest BCUT2D eigenvalue weighted by atomic mass is 9.93. The summed E-state index contributed by atoms with van der Waals surface area (Å²) < 4.78 is 12.6. The van der Waals surface area contributed by atoms with Gasteiger partial charge in [-0.25, -0.2) is 9.50 Å². The summed E-state index contributed by atoms with van der Waals surface area (Å²) in [6.45, 7) is 9.72. The number of amides is 1. The molecule has 1 aromatic carbocycles. The van der Waals surface area contributed by atoms with Crippen molar-refractivity contribution in [2.75, 3.05) is 34.4 Å². The van der Waals surface area contributed by atoms with E-state index >= 15 is 0 Å². The first-order valence-electron chi connectivity index (χ1n) is 13.3. The second-order valence-corrected chi connectivity index (χ2v) is 10.6. The van der Waals surface area contributed by atoms with Gasteiger partial charge in [0.15, 0.2) is 11.4 Å². The van der Waals surface area contributed by atoms with Gasteiger partial charge in [-0.3, -0.25) is 14.8 Å². The van der Waals surface area contributed by atoms with Crippen LogP contribution in [0.4, 0.5) is 0 Å². The number of hydrogen-bond acceptors (Lipinski definition) is 7. The molecule has 1 saturated heterocycles. The Morgan fingerprint density at radius 1 is 1.13 bits per heavy atom. The van der Waals surface area contributed by atoms with Crippen molar-refractivity contribution in [1.29, 1.82) is 0 Å². The Morgan fingerprint density at radius 2 is 1.85 bits per heavy atom. The lowest BCUT2D eigenvalue weighted by Gasteiger charge is -2.39. The van der Waals surface area contributed by atoms with Crippen LogP contribution in [0.3, 0.4) is 0 Å². The molecule has 206 valence electrons. The van der Waals surface area contributed by atoms with Gasteiger partial charge in [-0.15, -0.1) is 0 Å². The van der Waals surface area contributed by atoms with Crippen molar-refractivity contribution < 1.29 is 14.3 Å². The molecule has 4 aromatic rings. The molecule has 0 saturated carbocycles. The number of nitrogens with zero attached hydrogens (tertiary/aromatic N) is 6. The van der Waals surface area contributed by atoms with Gasteiger partial charge in [-0.2, -0.15) is 10.2 Å². The van der Waals surface area contributed by atoms with Gasteiger partial charge in [0.1, 0.15) is 6.33 Å². The molecule has 0 radical (unpaired) electrons. The van der Waals surface area contributed by atoms with Crippen molar-refractivity contribution in [1.82, 2.24) is 34.6 Å². The van der Waals surface area contributed by atoms with Crippen molar-refractivity contribution >= 4 is 11.6 Å². The smallest absolute Gasteiger partial charge is 0.239 e. The van der Waals surface area contributed by atoms with E-state index in [2.05, 4.69) is 65.1 Å². The molecule has 4 heterocycles. The number of ether oxygens (including phenoxy) is 2. The number of carbonyl (C=O) groups is 1. The standard InChI is InChI=1S/C29H37N7O3/c1-17(2)25-26(32-33-27(25)22-12-24(38-7)28-30-16-31-36(28)13-22)21-10-8-20(9-11-21)18(3)35(6)29(37)19(4)34(5)23-14-39-15-23/h8-13,16-19,23H,14-15H2,1-7H3,(H,32,33)/t18-,19+/m0/s1. The van der Waals surface area contributed by atoms with Crippen molar-refractivity contribution in [3.8, 4) is 28.3 Å². The maximum atomic E-state index is 13.2. The van der Waals surface area contributed by atoms with Crippen LogP contribution in [0.25, 0.3) is 28.2 Å². The van der Waals surface area contributed by atoms with Gasteiger partial charge < -0.3 is 14.4 Å². The number of likely N-dealkylation sites (N-methyl/N-ethyl adjacent to an activating group) is 2. The van der Waals surface area contributed by atoms with E-state index in [4.69, 9.17) is 14.6 Å². The highest BCUT2D eigenvalue weighted by Crippen LogP contribution is 2.37. The number of benzene rings is 1. The molecule has 10 nitrogen and oxygen atoms in total. The molecule has 39 heavy (non-hydrogen) atoms. The van der Waals surface area contributed by atoms with Crippen molar-refractivity contribution in [3.05, 3.63) is 54.0 Å². The number of pyridine rings is 1. The van der Waals surface area contributed by atoms with E-state index in [1.54, 1.807) is 11.6 Å². The number of nitrogens with one attached hydrogen (secondary N) is 1. The predicted octanol–water partition coefficient (Wildman–Crippen LogP) is 4.16. The lowest BCUT2D eigenvalue weighted by molar-refractivity contribution is -0.141. The predicted molar refractivity (Wildman–Crippen MR) is 150 cm³/mol. The third kappa shape index (κ3) is 4.90. The highest BCUT2D eigenvalue weighted by molar-refractivity contribution is 5.82. The van der Waals surface area contributed by atoms with E-state index < -0.39 is 0 Å². The summed E-state index contributed by atoms with van der Waals surface area (Å²) in [5.41, 5.74) is 6.61. The maximum absolute atomic E-state index is 13.2. The SMILES string of the molecule is COc1cc(-c2[nH]nc(-c3ccc([C@H](C)N(C)C(=O)[C@@H](C)N(C)C4COC4)cc3)c2C(C)C)cn2ncnc12. The summed E-state index contributed by atoms with van der Waals surface area (Å²) in [4.78, 5) is 21.4. The zero-order valence-electron chi connectivity index (χ0n) is 23.7. The van der Waals surface area contributed by atoms with E-state index in [9.17, 15) is 4.79 Å². The molecule has 1 N–H and O–H groups in total. The molecule has 2 atom stereocenters. The van der Waals surface area contributed by atoms with Crippen LogP contribution in [-0.4, -0.2) is 87.0 Å². The molecule has 1 aliphatic rings. The summed E-state index contributed by atoms with van der Waals surface area (Å²) in [5.74, 6) is 0.960. The second-order valence-electron chi connectivity index (χ2n) is 10.6. The van der Waals surface area contributed by atoms with Crippen LogP contribution in [0.2, 0.25) is 0 Å². The van der Waals surface area contributed by atoms with E-state index in [-0.39, 0.29) is 23.9 Å². The molecule has 3 aromatic heterocycles. The Morgan fingerprint density at radius 3 is 2.46 bits per heavy atom. The fraction of sp³-hybridized carbons (Fsp3) is 0.448. The first-order valence-corrected chi connectivity index (χ1v) is 13.3. The van der Waals surface area contributed by atoms with Crippen molar-refractivity contribution in [3.63, 3.8) is 0 Å². The average molecular weight is 532 g/mol. The van der Waals surface area contributed by atoms with Gasteiger partial charge in [0, 0.05) is 29.9 Å². The van der Waals surface area contributed by atoms with Gasteiger partial charge >= 0.3 is 0 Å². The van der Waals surface area contributed by atoms with E-state index in [0.29, 0.717) is 30.7 Å². The number of rotatable bonds is 9. The summed E-state index contributed by atoms with van der Waals surface area (Å²) in [5, 5.41) is 12.3. The average Bonchev–Trinajstić information content (AvgIpc) is 3.57. The number of fused-ring (bicyclic) bond motifs is 1.